The highest BCUT2D eigenvalue weighted by molar-refractivity contribution is 6.03. The van der Waals surface area contributed by atoms with Gasteiger partial charge in [0.1, 0.15) is 10.8 Å². The second-order valence-electron chi connectivity index (χ2n) is 7.95. The number of hydrogen-bond donors (Lipinski definition) is 0. The second-order valence-corrected chi connectivity index (χ2v) is 7.95. The molecule has 0 saturated heterocycles. The normalized spacial score (nSPS) is 11.5. The number of carbonyl (C=O) groups is 2. The van der Waals surface area contributed by atoms with Gasteiger partial charge in [0.25, 0.3) is 0 Å². The van der Waals surface area contributed by atoms with E-state index in [-0.39, 0.29) is 0 Å². The highest BCUT2D eigenvalue weighted by Gasteiger charge is 2.66. The summed E-state index contributed by atoms with van der Waals surface area (Å²) < 4.78 is 11.0. The van der Waals surface area contributed by atoms with Crippen LogP contribution in [0.25, 0.3) is 0 Å². The molecule has 0 amide bonds. The van der Waals surface area contributed by atoms with Crippen molar-refractivity contribution in [3.63, 3.8) is 0 Å². The Morgan fingerprint density at radius 1 is 0.441 bits per heavy atom. The van der Waals surface area contributed by atoms with E-state index in [4.69, 9.17) is 9.47 Å². The van der Waals surface area contributed by atoms with Gasteiger partial charge in [-0.1, -0.05) is 121 Å². The van der Waals surface area contributed by atoms with Gasteiger partial charge in [0, 0.05) is 0 Å². The molecular formula is C30H26O4. The van der Waals surface area contributed by atoms with Crippen molar-refractivity contribution in [3.8, 4) is 0 Å². The largest absolute Gasteiger partial charge is 0.468 e. The van der Waals surface area contributed by atoms with Crippen molar-refractivity contribution in [3.05, 3.63) is 144 Å². The van der Waals surface area contributed by atoms with Gasteiger partial charge >= 0.3 is 11.9 Å². The summed E-state index contributed by atoms with van der Waals surface area (Å²) >= 11 is 0. The van der Waals surface area contributed by atoms with E-state index >= 15 is 0 Å². The average Bonchev–Trinajstić information content (AvgIpc) is 2.93. The van der Waals surface area contributed by atoms with Crippen molar-refractivity contribution in [2.75, 3.05) is 14.2 Å². The van der Waals surface area contributed by atoms with E-state index in [1.165, 1.54) is 14.2 Å². The first-order chi connectivity index (χ1) is 16.6. The Morgan fingerprint density at radius 2 is 0.647 bits per heavy atom. The van der Waals surface area contributed by atoms with E-state index < -0.39 is 22.8 Å². The van der Waals surface area contributed by atoms with Gasteiger partial charge in [-0.15, -0.1) is 0 Å². The summed E-state index contributed by atoms with van der Waals surface area (Å²) in [5.41, 5.74) is -0.727. The average molecular weight is 451 g/mol. The molecule has 170 valence electrons. The molecule has 4 rings (SSSR count). The lowest BCUT2D eigenvalue weighted by molar-refractivity contribution is -0.158. The highest BCUT2D eigenvalue weighted by Crippen LogP contribution is 2.54. The molecule has 0 heterocycles. The molecule has 34 heavy (non-hydrogen) atoms. The molecule has 0 atom stereocenters. The Bertz CT molecular complexity index is 1060. The summed E-state index contributed by atoms with van der Waals surface area (Å²) in [6.07, 6.45) is 0. The van der Waals surface area contributed by atoms with Gasteiger partial charge < -0.3 is 9.47 Å². The number of esters is 2. The van der Waals surface area contributed by atoms with Crippen molar-refractivity contribution in [2.24, 2.45) is 0 Å². The molecule has 0 saturated carbocycles. The number of carbonyl (C=O) groups excluding carboxylic acids is 2. The predicted octanol–water partition coefficient (Wildman–Crippen LogP) is 5.31. The molecule has 0 aliphatic carbocycles. The molecule has 0 fully saturated rings. The first kappa shape index (κ1) is 23.0. The van der Waals surface area contributed by atoms with E-state index in [1.54, 1.807) is 0 Å². The SMILES string of the molecule is COC(=O)C(c1ccccc1)(c1ccccc1)C(C(=O)OC)(c1ccccc1)c1ccccc1. The third kappa shape index (κ3) is 3.39. The lowest BCUT2D eigenvalue weighted by Gasteiger charge is -2.48. The Labute approximate surface area is 199 Å². The topological polar surface area (TPSA) is 52.6 Å². The number of hydrogen-bond acceptors (Lipinski definition) is 4. The van der Waals surface area contributed by atoms with Gasteiger partial charge in [-0.3, -0.25) is 9.59 Å². The summed E-state index contributed by atoms with van der Waals surface area (Å²) in [5.74, 6) is -1.13. The zero-order valence-electron chi connectivity index (χ0n) is 19.2. The van der Waals surface area contributed by atoms with E-state index in [2.05, 4.69) is 0 Å². The van der Waals surface area contributed by atoms with Gasteiger partial charge in [-0.2, -0.15) is 0 Å². The number of rotatable bonds is 7. The molecule has 4 aromatic rings. The van der Waals surface area contributed by atoms with Crippen LogP contribution in [0.2, 0.25) is 0 Å². The van der Waals surface area contributed by atoms with E-state index in [0.717, 1.165) is 0 Å². The lowest BCUT2D eigenvalue weighted by Crippen LogP contribution is -2.61. The van der Waals surface area contributed by atoms with Crippen LogP contribution in [0, 0.1) is 0 Å². The minimum absolute atomic E-state index is 0.567. The van der Waals surface area contributed by atoms with Gasteiger partial charge in [-0.05, 0) is 22.3 Å². The van der Waals surface area contributed by atoms with Crippen LogP contribution in [0.15, 0.2) is 121 Å². The first-order valence-corrected chi connectivity index (χ1v) is 11.0. The van der Waals surface area contributed by atoms with Crippen LogP contribution >= 0.6 is 0 Å². The predicted molar refractivity (Wildman–Crippen MR) is 131 cm³/mol. The van der Waals surface area contributed by atoms with Crippen LogP contribution in [0.5, 0.6) is 0 Å². The molecule has 4 aromatic carbocycles. The van der Waals surface area contributed by atoms with E-state index in [9.17, 15) is 9.59 Å². The van der Waals surface area contributed by atoms with Crippen LogP contribution in [-0.2, 0) is 29.9 Å². The van der Waals surface area contributed by atoms with Crippen molar-refractivity contribution < 1.29 is 19.1 Å². The molecule has 0 N–H and O–H groups in total. The van der Waals surface area contributed by atoms with Crippen LogP contribution < -0.4 is 0 Å². The summed E-state index contributed by atoms with van der Waals surface area (Å²) in [5, 5.41) is 0. The molecule has 0 aliphatic rings. The fourth-order valence-corrected chi connectivity index (χ4v) is 5.04. The molecular weight excluding hydrogens is 424 g/mol. The first-order valence-electron chi connectivity index (χ1n) is 11.0. The van der Waals surface area contributed by atoms with Crippen molar-refractivity contribution >= 4 is 11.9 Å². The molecule has 0 unspecified atom stereocenters. The maximum atomic E-state index is 14.2. The molecule has 0 aromatic heterocycles. The van der Waals surface area contributed by atoms with Crippen LogP contribution in [0.4, 0.5) is 0 Å². The Morgan fingerprint density at radius 3 is 0.824 bits per heavy atom. The lowest BCUT2D eigenvalue weighted by atomic mass is 9.51. The van der Waals surface area contributed by atoms with Gasteiger partial charge in [0.05, 0.1) is 14.2 Å². The summed E-state index contributed by atoms with van der Waals surface area (Å²) in [4.78, 5) is 28.4. The second kappa shape index (κ2) is 9.75. The minimum Gasteiger partial charge on any atom is -0.468 e. The number of ether oxygens (including phenoxy) is 2. The quantitative estimate of drug-likeness (QED) is 0.358. The fraction of sp³-hybridized carbons (Fsp3) is 0.133. The van der Waals surface area contributed by atoms with Crippen LogP contribution in [0.1, 0.15) is 22.3 Å². The summed E-state index contributed by atoms with van der Waals surface area (Å²) in [6, 6.07) is 37.2. The summed E-state index contributed by atoms with van der Waals surface area (Å²) in [7, 11) is 2.70. The highest BCUT2D eigenvalue weighted by atomic mass is 16.5. The standard InChI is InChI=1S/C30H26O4/c1-33-27(31)29(23-15-7-3-8-16-23,24-17-9-4-10-18-24)30(28(32)34-2,25-19-11-5-12-20-25)26-21-13-6-14-22-26/h3-22H,1-2H3. The van der Waals surface area contributed by atoms with Gasteiger partial charge in [0.15, 0.2) is 0 Å². The smallest absolute Gasteiger partial charge is 0.322 e. The van der Waals surface area contributed by atoms with Gasteiger partial charge in [-0.25, -0.2) is 0 Å². The van der Waals surface area contributed by atoms with Crippen molar-refractivity contribution in [2.45, 2.75) is 10.8 Å². The van der Waals surface area contributed by atoms with E-state index in [0.29, 0.717) is 22.3 Å². The maximum absolute atomic E-state index is 14.2. The molecule has 4 nitrogen and oxygen atoms in total. The third-order valence-corrected chi connectivity index (χ3v) is 6.37. The third-order valence-electron chi connectivity index (χ3n) is 6.37. The Balaban J connectivity index is 2.32. The minimum atomic E-state index is -1.60. The molecule has 4 heteroatoms. The Hall–Kier alpha value is -4.18. The monoisotopic (exact) mass is 450 g/mol. The van der Waals surface area contributed by atoms with Crippen molar-refractivity contribution in [1.29, 1.82) is 0 Å². The molecule has 0 radical (unpaired) electrons. The van der Waals surface area contributed by atoms with Crippen molar-refractivity contribution in [1.82, 2.24) is 0 Å². The van der Waals surface area contributed by atoms with Crippen LogP contribution in [0.3, 0.4) is 0 Å². The summed E-state index contributed by atoms with van der Waals surface area (Å²) in [6.45, 7) is 0. The number of methoxy groups -OCH3 is 2. The molecule has 0 spiro atoms. The molecule has 0 bridgehead atoms. The van der Waals surface area contributed by atoms with E-state index in [1.807, 2.05) is 121 Å². The Kier molecular flexibility index (Phi) is 6.60. The van der Waals surface area contributed by atoms with Gasteiger partial charge in [0.2, 0.25) is 0 Å². The molecule has 0 aliphatic heterocycles. The number of benzene rings is 4. The van der Waals surface area contributed by atoms with Crippen LogP contribution in [-0.4, -0.2) is 26.2 Å². The fourth-order valence-electron chi connectivity index (χ4n) is 5.04. The zero-order chi connectivity index (χ0) is 24.0. The zero-order valence-corrected chi connectivity index (χ0v) is 19.2. The maximum Gasteiger partial charge on any atom is 0.322 e.